The zero-order valence-electron chi connectivity index (χ0n) is 15.2. The number of rotatable bonds is 5. The molecule has 132 valence electrons. The van der Waals surface area contributed by atoms with E-state index in [4.69, 9.17) is 4.74 Å². The van der Waals surface area contributed by atoms with Gasteiger partial charge in [0.2, 0.25) is 0 Å². The third-order valence-corrected chi connectivity index (χ3v) is 4.08. The summed E-state index contributed by atoms with van der Waals surface area (Å²) >= 11 is 1.64. The van der Waals surface area contributed by atoms with Gasteiger partial charge in [0.25, 0.3) is 0 Å². The Morgan fingerprint density at radius 1 is 1.33 bits per heavy atom. The summed E-state index contributed by atoms with van der Waals surface area (Å²) < 4.78 is 7.40. The molecule has 0 unspecified atom stereocenters. The van der Waals surface area contributed by atoms with E-state index < -0.39 is 17.2 Å². The number of carbonyl (C=O) groups is 1. The second-order valence-corrected chi connectivity index (χ2v) is 8.62. The lowest BCUT2D eigenvalue weighted by Gasteiger charge is -2.28. The molecule has 0 aliphatic rings. The first kappa shape index (κ1) is 18.4. The third kappa shape index (κ3) is 5.63. The predicted molar refractivity (Wildman–Crippen MR) is 95.3 cm³/mol. The quantitative estimate of drug-likeness (QED) is 0.895. The Morgan fingerprint density at radius 3 is 2.62 bits per heavy atom. The van der Waals surface area contributed by atoms with E-state index in [1.807, 2.05) is 47.7 Å². The van der Waals surface area contributed by atoms with Crippen molar-refractivity contribution in [1.29, 1.82) is 0 Å². The van der Waals surface area contributed by atoms with E-state index in [-0.39, 0.29) is 0 Å². The van der Waals surface area contributed by atoms with Gasteiger partial charge in [-0.2, -0.15) is 0 Å². The minimum atomic E-state index is -0.510. The van der Waals surface area contributed by atoms with E-state index in [1.165, 1.54) is 0 Å². The largest absolute Gasteiger partial charge is 0.444 e. The van der Waals surface area contributed by atoms with Crippen LogP contribution in [0.3, 0.4) is 0 Å². The van der Waals surface area contributed by atoms with Crippen molar-refractivity contribution in [2.45, 2.75) is 65.6 Å². The van der Waals surface area contributed by atoms with Crippen molar-refractivity contribution in [3.05, 3.63) is 34.3 Å². The van der Waals surface area contributed by atoms with Gasteiger partial charge in [-0.05, 0) is 41.5 Å². The number of aromatic nitrogens is 3. The summed E-state index contributed by atoms with van der Waals surface area (Å²) in [7, 11) is 0. The molecule has 0 spiro atoms. The van der Waals surface area contributed by atoms with Gasteiger partial charge in [-0.15, -0.1) is 11.3 Å². The van der Waals surface area contributed by atoms with Gasteiger partial charge in [0.1, 0.15) is 5.60 Å². The lowest BCUT2D eigenvalue weighted by atomic mass is 9.99. The fourth-order valence-corrected chi connectivity index (χ4v) is 2.97. The van der Waals surface area contributed by atoms with E-state index in [2.05, 4.69) is 25.2 Å². The summed E-state index contributed by atoms with van der Waals surface area (Å²) in [4.78, 5) is 20.8. The molecule has 0 fully saturated rings. The first-order chi connectivity index (χ1) is 11.0. The lowest BCUT2D eigenvalue weighted by molar-refractivity contribution is 0.0471. The molecule has 0 radical (unpaired) electrons. The van der Waals surface area contributed by atoms with Crippen LogP contribution in [0.1, 0.15) is 51.0 Å². The first-order valence-corrected chi connectivity index (χ1v) is 8.83. The molecule has 24 heavy (non-hydrogen) atoms. The fourth-order valence-electron chi connectivity index (χ4n) is 2.37. The van der Waals surface area contributed by atoms with Crippen molar-refractivity contribution in [3.8, 4) is 0 Å². The molecule has 1 amide bonds. The van der Waals surface area contributed by atoms with Gasteiger partial charge in [-0.25, -0.2) is 14.8 Å². The van der Waals surface area contributed by atoms with Gasteiger partial charge in [-0.3, -0.25) is 0 Å². The van der Waals surface area contributed by atoms with Crippen molar-refractivity contribution in [3.63, 3.8) is 0 Å². The van der Waals surface area contributed by atoms with Gasteiger partial charge in [0.05, 0.1) is 23.6 Å². The van der Waals surface area contributed by atoms with Gasteiger partial charge in [-0.1, -0.05) is 0 Å². The van der Waals surface area contributed by atoms with Crippen LogP contribution in [0.15, 0.2) is 17.9 Å². The zero-order chi connectivity index (χ0) is 18.0. The number of hydrogen-bond acceptors (Lipinski definition) is 5. The van der Waals surface area contributed by atoms with Crippen LogP contribution in [0.2, 0.25) is 0 Å². The van der Waals surface area contributed by atoms with Gasteiger partial charge in [0, 0.05) is 29.2 Å². The van der Waals surface area contributed by atoms with Crippen LogP contribution in [0, 0.1) is 6.92 Å². The van der Waals surface area contributed by atoms with Crippen LogP contribution in [-0.4, -0.2) is 31.8 Å². The van der Waals surface area contributed by atoms with Crippen molar-refractivity contribution in [2.75, 3.05) is 0 Å². The smallest absolute Gasteiger partial charge is 0.408 e. The van der Waals surface area contributed by atoms with Crippen LogP contribution in [0.5, 0.6) is 0 Å². The highest BCUT2D eigenvalue weighted by Crippen LogP contribution is 2.16. The summed E-state index contributed by atoms with van der Waals surface area (Å²) in [5, 5.41) is 6.04. The Bertz CT molecular complexity index is 698. The number of aryl methyl sites for hydroxylation is 1. The summed E-state index contributed by atoms with van der Waals surface area (Å²) in [5.74, 6) is 0. The highest BCUT2D eigenvalue weighted by molar-refractivity contribution is 7.09. The van der Waals surface area contributed by atoms with Crippen LogP contribution in [0.4, 0.5) is 4.79 Å². The van der Waals surface area contributed by atoms with E-state index in [0.29, 0.717) is 13.0 Å². The van der Waals surface area contributed by atoms with Crippen molar-refractivity contribution >= 4 is 17.4 Å². The number of imidazole rings is 1. The highest BCUT2D eigenvalue weighted by Gasteiger charge is 2.26. The van der Waals surface area contributed by atoms with Crippen LogP contribution in [0.25, 0.3) is 0 Å². The maximum atomic E-state index is 12.0. The number of carbonyl (C=O) groups excluding carboxylic acids is 1. The Hall–Kier alpha value is -1.89. The summed E-state index contributed by atoms with van der Waals surface area (Å²) in [5.41, 5.74) is 1.11. The number of nitrogens with zero attached hydrogens (tertiary/aromatic N) is 3. The average Bonchev–Trinajstić information content (AvgIpc) is 2.96. The van der Waals surface area contributed by atoms with E-state index in [1.54, 1.807) is 17.7 Å². The van der Waals surface area contributed by atoms with Crippen molar-refractivity contribution in [1.82, 2.24) is 19.9 Å². The van der Waals surface area contributed by atoms with Crippen LogP contribution in [-0.2, 0) is 17.7 Å². The molecule has 0 saturated heterocycles. The third-order valence-electron chi connectivity index (χ3n) is 3.26. The van der Waals surface area contributed by atoms with Crippen molar-refractivity contribution in [2.24, 2.45) is 0 Å². The zero-order valence-corrected chi connectivity index (χ0v) is 16.0. The second-order valence-electron chi connectivity index (χ2n) is 7.56. The monoisotopic (exact) mass is 350 g/mol. The molecule has 0 aromatic carbocycles. The van der Waals surface area contributed by atoms with Gasteiger partial charge >= 0.3 is 6.09 Å². The van der Waals surface area contributed by atoms with E-state index >= 15 is 0 Å². The molecule has 0 aliphatic carbocycles. The standard InChI is InChI=1S/C17H26N4O2S/c1-12-19-13(10-24-12)9-21-11-18-8-14(21)7-17(5,6)20-15(22)23-16(2,3)4/h8,10-11H,7,9H2,1-6H3,(H,20,22). The molecule has 0 bridgehead atoms. The average molecular weight is 350 g/mol. The molecule has 0 saturated carbocycles. The Balaban J connectivity index is 2.02. The Labute approximate surface area is 147 Å². The SMILES string of the molecule is Cc1nc(Cn2cncc2CC(C)(C)NC(=O)OC(C)(C)C)cs1. The highest BCUT2D eigenvalue weighted by atomic mass is 32.1. The summed E-state index contributed by atoms with van der Waals surface area (Å²) in [6.45, 7) is 12.2. The number of hydrogen-bond donors (Lipinski definition) is 1. The first-order valence-electron chi connectivity index (χ1n) is 7.95. The van der Waals surface area contributed by atoms with Crippen molar-refractivity contribution < 1.29 is 9.53 Å². The minimum absolute atomic E-state index is 0.409. The number of ether oxygens (including phenoxy) is 1. The maximum absolute atomic E-state index is 12.0. The summed E-state index contributed by atoms with van der Waals surface area (Å²) in [6, 6.07) is 0. The van der Waals surface area contributed by atoms with Crippen LogP contribution >= 0.6 is 11.3 Å². The van der Waals surface area contributed by atoms with E-state index in [0.717, 1.165) is 16.4 Å². The summed E-state index contributed by atoms with van der Waals surface area (Å²) in [6.07, 6.45) is 3.87. The number of thiazole rings is 1. The molecule has 1 N–H and O–H groups in total. The molecule has 0 aliphatic heterocycles. The molecular weight excluding hydrogens is 324 g/mol. The molecule has 2 aromatic heterocycles. The fraction of sp³-hybridized carbons (Fsp3) is 0.588. The van der Waals surface area contributed by atoms with E-state index in [9.17, 15) is 4.79 Å². The molecule has 2 aromatic rings. The number of nitrogens with one attached hydrogen (secondary N) is 1. The molecule has 6 nitrogen and oxygen atoms in total. The maximum Gasteiger partial charge on any atom is 0.408 e. The molecule has 2 heterocycles. The second kappa shape index (κ2) is 6.93. The lowest BCUT2D eigenvalue weighted by Crippen LogP contribution is -2.47. The predicted octanol–water partition coefficient (Wildman–Crippen LogP) is 3.54. The number of amides is 1. The molecule has 0 atom stereocenters. The van der Waals surface area contributed by atoms with Crippen LogP contribution < -0.4 is 5.32 Å². The molecule has 7 heteroatoms. The van der Waals surface area contributed by atoms with Gasteiger partial charge < -0.3 is 14.6 Å². The molecule has 2 rings (SSSR count). The van der Waals surface area contributed by atoms with Gasteiger partial charge in [0.15, 0.2) is 0 Å². The topological polar surface area (TPSA) is 69.0 Å². The normalized spacial score (nSPS) is 12.2. The molecular formula is C17H26N4O2S. The minimum Gasteiger partial charge on any atom is -0.444 e. The number of alkyl carbamates (subject to hydrolysis) is 1. The Kier molecular flexibility index (Phi) is 5.32. The Morgan fingerprint density at radius 2 is 2.04 bits per heavy atom.